The smallest absolute Gasteiger partial charge is 0.307 e. The van der Waals surface area contributed by atoms with Crippen LogP contribution >= 0.6 is 0 Å². The van der Waals surface area contributed by atoms with Crippen molar-refractivity contribution in [3.63, 3.8) is 0 Å². The summed E-state index contributed by atoms with van der Waals surface area (Å²) >= 11 is 0. The van der Waals surface area contributed by atoms with Gasteiger partial charge in [-0.3, -0.25) is 9.59 Å². The fourth-order valence-corrected chi connectivity index (χ4v) is 1.36. The molecule has 0 rings (SSSR count). The van der Waals surface area contributed by atoms with Gasteiger partial charge in [0.05, 0.1) is 13.0 Å². The molecule has 0 spiro atoms. The zero-order chi connectivity index (χ0) is 14.0. The number of ether oxygens (including phenoxy) is 2. The van der Waals surface area contributed by atoms with Crippen molar-refractivity contribution in [3.05, 3.63) is 0 Å². The van der Waals surface area contributed by atoms with Gasteiger partial charge in [0.2, 0.25) is 5.91 Å². The molecule has 0 fully saturated rings. The number of hydrogen-bond acceptors (Lipinski definition) is 5. The first-order valence-corrected chi connectivity index (χ1v) is 6.08. The summed E-state index contributed by atoms with van der Waals surface area (Å²) in [4.78, 5) is 26.6. The van der Waals surface area contributed by atoms with Gasteiger partial charge in [0.15, 0.2) is 0 Å². The monoisotopic (exact) mass is 260 g/mol. The van der Waals surface area contributed by atoms with Gasteiger partial charge in [-0.05, 0) is 21.0 Å². The lowest BCUT2D eigenvalue weighted by Crippen LogP contribution is -2.40. The van der Waals surface area contributed by atoms with Crippen LogP contribution in [0, 0.1) is 0 Å². The highest BCUT2D eigenvalue weighted by Gasteiger charge is 2.15. The third-order valence-corrected chi connectivity index (χ3v) is 2.33. The maximum atomic E-state index is 11.8. The Labute approximate surface area is 109 Å². The molecule has 0 saturated carbocycles. The van der Waals surface area contributed by atoms with Crippen LogP contribution in [0.4, 0.5) is 0 Å². The normalized spacial score (nSPS) is 10.5. The minimum Gasteiger partial charge on any atom is -0.466 e. The van der Waals surface area contributed by atoms with E-state index in [0.717, 1.165) is 6.54 Å². The lowest BCUT2D eigenvalue weighted by molar-refractivity contribution is -0.144. The van der Waals surface area contributed by atoms with Gasteiger partial charge < -0.3 is 19.3 Å². The van der Waals surface area contributed by atoms with E-state index in [4.69, 9.17) is 9.47 Å². The summed E-state index contributed by atoms with van der Waals surface area (Å²) < 4.78 is 9.66. The van der Waals surface area contributed by atoms with E-state index >= 15 is 0 Å². The van der Waals surface area contributed by atoms with Crippen LogP contribution in [-0.2, 0) is 19.1 Å². The third kappa shape index (κ3) is 8.03. The highest BCUT2D eigenvalue weighted by atomic mass is 16.5. The Morgan fingerprint density at radius 3 is 2.28 bits per heavy atom. The van der Waals surface area contributed by atoms with Crippen molar-refractivity contribution in [1.82, 2.24) is 9.80 Å². The largest absolute Gasteiger partial charge is 0.466 e. The second kappa shape index (κ2) is 9.85. The highest BCUT2D eigenvalue weighted by molar-refractivity contribution is 5.78. The SMILES string of the molecule is CCOC(=O)CCN(CCN(C)C)C(=O)COC. The van der Waals surface area contributed by atoms with Crippen molar-refractivity contribution in [2.24, 2.45) is 0 Å². The molecule has 0 saturated heterocycles. The van der Waals surface area contributed by atoms with E-state index in [2.05, 4.69) is 0 Å². The Morgan fingerprint density at radius 1 is 1.11 bits per heavy atom. The van der Waals surface area contributed by atoms with E-state index in [1.807, 2.05) is 19.0 Å². The minimum atomic E-state index is -0.280. The number of hydrogen-bond donors (Lipinski definition) is 0. The maximum absolute atomic E-state index is 11.8. The van der Waals surface area contributed by atoms with Gasteiger partial charge >= 0.3 is 5.97 Å². The summed E-state index contributed by atoms with van der Waals surface area (Å²) in [6.07, 6.45) is 0.219. The molecule has 0 aromatic heterocycles. The molecular formula is C12H24N2O4. The Balaban J connectivity index is 4.19. The van der Waals surface area contributed by atoms with Crippen LogP contribution in [0.5, 0.6) is 0 Å². The Morgan fingerprint density at radius 2 is 1.78 bits per heavy atom. The molecule has 0 aliphatic heterocycles. The summed E-state index contributed by atoms with van der Waals surface area (Å²) in [5.74, 6) is -0.388. The van der Waals surface area contributed by atoms with Gasteiger partial charge in [-0.2, -0.15) is 0 Å². The summed E-state index contributed by atoms with van der Waals surface area (Å²) in [6, 6.07) is 0. The van der Waals surface area contributed by atoms with Crippen molar-refractivity contribution >= 4 is 11.9 Å². The van der Waals surface area contributed by atoms with Gasteiger partial charge in [-0.1, -0.05) is 0 Å². The molecule has 0 aromatic carbocycles. The molecule has 0 aliphatic rings. The average molecular weight is 260 g/mol. The summed E-state index contributed by atoms with van der Waals surface area (Å²) in [7, 11) is 5.35. The molecule has 0 bridgehead atoms. The van der Waals surface area contributed by atoms with Crippen LogP contribution in [0.2, 0.25) is 0 Å². The van der Waals surface area contributed by atoms with Crippen LogP contribution in [-0.4, -0.2) is 75.7 Å². The van der Waals surface area contributed by atoms with E-state index < -0.39 is 0 Å². The van der Waals surface area contributed by atoms with Crippen LogP contribution < -0.4 is 0 Å². The summed E-state index contributed by atoms with van der Waals surface area (Å²) in [5, 5.41) is 0. The van der Waals surface area contributed by atoms with Crippen molar-refractivity contribution in [3.8, 4) is 0 Å². The molecule has 18 heavy (non-hydrogen) atoms. The Kier molecular flexibility index (Phi) is 9.22. The second-order valence-corrected chi connectivity index (χ2v) is 4.17. The second-order valence-electron chi connectivity index (χ2n) is 4.17. The number of likely N-dealkylation sites (N-methyl/N-ethyl adjacent to an activating group) is 1. The van der Waals surface area contributed by atoms with Crippen LogP contribution in [0.3, 0.4) is 0 Å². The molecule has 0 heterocycles. The Bertz CT molecular complexity index is 256. The van der Waals surface area contributed by atoms with E-state index in [1.165, 1.54) is 7.11 Å². The first-order chi connectivity index (χ1) is 8.51. The van der Waals surface area contributed by atoms with Crippen molar-refractivity contribution < 1.29 is 19.1 Å². The van der Waals surface area contributed by atoms with E-state index in [1.54, 1.807) is 11.8 Å². The molecule has 0 radical (unpaired) electrons. The summed E-state index contributed by atoms with van der Waals surface area (Å²) in [5.41, 5.74) is 0. The van der Waals surface area contributed by atoms with Crippen LogP contribution in [0.15, 0.2) is 0 Å². The number of carbonyl (C=O) groups excluding carboxylic acids is 2. The standard InChI is InChI=1S/C12H24N2O4/c1-5-18-12(16)6-7-14(9-8-13(2)3)11(15)10-17-4/h5-10H2,1-4H3. The Hall–Kier alpha value is -1.14. The lowest BCUT2D eigenvalue weighted by Gasteiger charge is -2.23. The van der Waals surface area contributed by atoms with E-state index in [9.17, 15) is 9.59 Å². The van der Waals surface area contributed by atoms with Crippen LogP contribution in [0.1, 0.15) is 13.3 Å². The molecule has 1 amide bonds. The van der Waals surface area contributed by atoms with Crippen molar-refractivity contribution in [2.75, 3.05) is 54.1 Å². The highest BCUT2D eigenvalue weighted by Crippen LogP contribution is 1.97. The maximum Gasteiger partial charge on any atom is 0.307 e. The lowest BCUT2D eigenvalue weighted by atomic mass is 10.3. The quantitative estimate of drug-likeness (QED) is 0.545. The fraction of sp³-hybridized carbons (Fsp3) is 0.833. The molecule has 0 aliphatic carbocycles. The topological polar surface area (TPSA) is 59.1 Å². The predicted molar refractivity (Wildman–Crippen MR) is 68.3 cm³/mol. The predicted octanol–water partition coefficient (Wildman–Crippen LogP) is -0.0238. The molecule has 6 heteroatoms. The zero-order valence-electron chi connectivity index (χ0n) is 11.8. The number of carbonyl (C=O) groups is 2. The molecule has 106 valence electrons. The van der Waals surface area contributed by atoms with Crippen LogP contribution in [0.25, 0.3) is 0 Å². The van der Waals surface area contributed by atoms with Gasteiger partial charge in [-0.15, -0.1) is 0 Å². The fourth-order valence-electron chi connectivity index (χ4n) is 1.36. The van der Waals surface area contributed by atoms with E-state index in [-0.39, 0.29) is 24.9 Å². The molecule has 0 N–H and O–H groups in total. The first-order valence-electron chi connectivity index (χ1n) is 6.08. The molecular weight excluding hydrogens is 236 g/mol. The third-order valence-electron chi connectivity index (χ3n) is 2.33. The molecule has 6 nitrogen and oxygen atoms in total. The van der Waals surface area contributed by atoms with Crippen molar-refractivity contribution in [2.45, 2.75) is 13.3 Å². The van der Waals surface area contributed by atoms with Crippen molar-refractivity contribution in [1.29, 1.82) is 0 Å². The average Bonchev–Trinajstić information content (AvgIpc) is 2.29. The molecule has 0 atom stereocenters. The molecule has 0 aromatic rings. The van der Waals surface area contributed by atoms with E-state index in [0.29, 0.717) is 19.7 Å². The number of esters is 1. The van der Waals surface area contributed by atoms with Gasteiger partial charge in [0, 0.05) is 26.7 Å². The van der Waals surface area contributed by atoms with Gasteiger partial charge in [-0.25, -0.2) is 0 Å². The number of rotatable bonds is 9. The molecule has 0 unspecified atom stereocenters. The minimum absolute atomic E-state index is 0.0380. The number of nitrogens with zero attached hydrogens (tertiary/aromatic N) is 2. The summed E-state index contributed by atoms with van der Waals surface area (Å²) in [6.45, 7) is 3.86. The van der Waals surface area contributed by atoms with Gasteiger partial charge in [0.25, 0.3) is 0 Å². The van der Waals surface area contributed by atoms with Gasteiger partial charge in [0.1, 0.15) is 6.61 Å². The zero-order valence-corrected chi connectivity index (χ0v) is 11.8. The number of methoxy groups -OCH3 is 1. The first kappa shape index (κ1) is 16.9. The number of amides is 1.